The molecule has 15 heavy (non-hydrogen) atoms. The summed E-state index contributed by atoms with van der Waals surface area (Å²) >= 11 is 0. The van der Waals surface area contributed by atoms with Gasteiger partial charge in [-0.3, -0.25) is 10.1 Å². The molecule has 0 aliphatic rings. The summed E-state index contributed by atoms with van der Waals surface area (Å²) in [6, 6.07) is 6.08. The second kappa shape index (κ2) is 3.33. The van der Waals surface area contributed by atoms with Gasteiger partial charge in [0, 0.05) is 6.07 Å². The van der Waals surface area contributed by atoms with Gasteiger partial charge in [-0.05, 0) is 16.5 Å². The number of tetrazole rings is 1. The van der Waals surface area contributed by atoms with Gasteiger partial charge in [-0.1, -0.05) is 17.2 Å². The molecule has 0 unspecified atom stereocenters. The van der Waals surface area contributed by atoms with Gasteiger partial charge in [0.2, 0.25) is 5.95 Å². The van der Waals surface area contributed by atoms with E-state index in [9.17, 15) is 10.1 Å². The zero-order chi connectivity index (χ0) is 10.8. The van der Waals surface area contributed by atoms with Gasteiger partial charge in [-0.2, -0.15) is 4.68 Å². The highest BCUT2D eigenvalue weighted by atomic mass is 16.6. The first kappa shape index (κ1) is 9.06. The molecule has 0 spiro atoms. The Hall–Kier alpha value is -2.51. The Kier molecular flexibility index (Phi) is 2.01. The van der Waals surface area contributed by atoms with E-state index in [4.69, 9.17) is 5.73 Å². The number of nitro benzene ring substituents is 1. The lowest BCUT2D eigenvalue weighted by Gasteiger charge is -2.01. The van der Waals surface area contributed by atoms with E-state index in [0.29, 0.717) is 0 Å². The monoisotopic (exact) mass is 206 g/mol. The van der Waals surface area contributed by atoms with E-state index < -0.39 is 4.92 Å². The van der Waals surface area contributed by atoms with Crippen LogP contribution in [0.1, 0.15) is 0 Å². The van der Waals surface area contributed by atoms with Gasteiger partial charge in [-0.25, -0.2) is 0 Å². The molecule has 0 bridgehead atoms. The van der Waals surface area contributed by atoms with Crippen molar-refractivity contribution in [3.63, 3.8) is 0 Å². The van der Waals surface area contributed by atoms with E-state index in [-0.39, 0.29) is 17.3 Å². The molecule has 0 amide bonds. The maximum atomic E-state index is 10.7. The SMILES string of the molecule is Nc1nnnn1-c1ccccc1[N+](=O)[O-]. The van der Waals surface area contributed by atoms with E-state index in [0.717, 1.165) is 4.68 Å². The number of nitrogen functional groups attached to an aromatic ring is 1. The molecule has 2 aromatic rings. The molecule has 1 aromatic heterocycles. The number of rotatable bonds is 2. The summed E-state index contributed by atoms with van der Waals surface area (Å²) in [4.78, 5) is 10.2. The highest BCUT2D eigenvalue weighted by Gasteiger charge is 2.16. The summed E-state index contributed by atoms with van der Waals surface area (Å²) in [5.74, 6) is 0.00398. The molecular formula is C7H6N6O2. The lowest BCUT2D eigenvalue weighted by Crippen LogP contribution is -2.05. The summed E-state index contributed by atoms with van der Waals surface area (Å²) in [6.45, 7) is 0. The van der Waals surface area contributed by atoms with E-state index in [1.54, 1.807) is 12.1 Å². The van der Waals surface area contributed by atoms with Crippen LogP contribution in [0.3, 0.4) is 0 Å². The molecule has 0 fully saturated rings. The van der Waals surface area contributed by atoms with Crippen molar-refractivity contribution < 1.29 is 4.92 Å². The Balaban J connectivity index is 2.63. The third kappa shape index (κ3) is 1.47. The number of nitro groups is 1. The average Bonchev–Trinajstić information content (AvgIpc) is 2.64. The van der Waals surface area contributed by atoms with Crippen molar-refractivity contribution in [2.75, 3.05) is 5.73 Å². The fraction of sp³-hybridized carbons (Fsp3) is 0. The Bertz CT molecular complexity index is 508. The largest absolute Gasteiger partial charge is 0.366 e. The number of hydrogen-bond donors (Lipinski definition) is 1. The number of aromatic nitrogens is 4. The maximum absolute atomic E-state index is 10.7. The van der Waals surface area contributed by atoms with Crippen molar-refractivity contribution in [2.24, 2.45) is 0 Å². The molecule has 0 radical (unpaired) electrons. The van der Waals surface area contributed by atoms with Crippen molar-refractivity contribution in [2.45, 2.75) is 0 Å². The third-order valence-corrected chi connectivity index (χ3v) is 1.80. The molecule has 1 heterocycles. The van der Waals surface area contributed by atoms with Crippen LogP contribution in [0.15, 0.2) is 24.3 Å². The minimum atomic E-state index is -0.517. The van der Waals surface area contributed by atoms with Crippen LogP contribution in [0.4, 0.5) is 11.6 Å². The Morgan fingerprint density at radius 3 is 2.73 bits per heavy atom. The Morgan fingerprint density at radius 2 is 2.13 bits per heavy atom. The van der Waals surface area contributed by atoms with E-state index in [2.05, 4.69) is 15.5 Å². The van der Waals surface area contributed by atoms with E-state index in [1.165, 1.54) is 12.1 Å². The third-order valence-electron chi connectivity index (χ3n) is 1.80. The number of nitrogens with zero attached hydrogens (tertiary/aromatic N) is 5. The van der Waals surface area contributed by atoms with Crippen LogP contribution in [-0.4, -0.2) is 25.1 Å². The predicted octanol–water partition coefficient (Wildman–Crippen LogP) is 0.153. The van der Waals surface area contributed by atoms with Gasteiger partial charge in [0.05, 0.1) is 4.92 Å². The van der Waals surface area contributed by atoms with Gasteiger partial charge < -0.3 is 5.73 Å². The van der Waals surface area contributed by atoms with Crippen molar-refractivity contribution in [3.05, 3.63) is 34.4 Å². The molecule has 1 aromatic carbocycles. The number of nitrogens with two attached hydrogens (primary N) is 1. The number of para-hydroxylation sites is 2. The topological polar surface area (TPSA) is 113 Å². The second-order valence-electron chi connectivity index (χ2n) is 2.69. The fourth-order valence-corrected chi connectivity index (χ4v) is 1.16. The predicted molar refractivity (Wildman–Crippen MR) is 50.2 cm³/mol. The number of hydrogen-bond acceptors (Lipinski definition) is 6. The van der Waals surface area contributed by atoms with Crippen LogP contribution in [0.25, 0.3) is 5.69 Å². The van der Waals surface area contributed by atoms with Crippen LogP contribution in [0, 0.1) is 10.1 Å². The molecule has 2 N–H and O–H groups in total. The molecule has 0 aliphatic carbocycles. The van der Waals surface area contributed by atoms with E-state index >= 15 is 0 Å². The van der Waals surface area contributed by atoms with Crippen LogP contribution in [0.2, 0.25) is 0 Å². The quantitative estimate of drug-likeness (QED) is 0.552. The molecule has 8 nitrogen and oxygen atoms in total. The molecule has 0 saturated carbocycles. The lowest BCUT2D eigenvalue weighted by molar-refractivity contribution is -0.384. The van der Waals surface area contributed by atoms with E-state index in [1.807, 2.05) is 0 Å². The highest BCUT2D eigenvalue weighted by Crippen LogP contribution is 2.22. The van der Waals surface area contributed by atoms with Gasteiger partial charge in [-0.15, -0.1) is 0 Å². The first-order valence-electron chi connectivity index (χ1n) is 3.98. The Labute approximate surface area is 83.5 Å². The fourth-order valence-electron chi connectivity index (χ4n) is 1.16. The molecule has 0 atom stereocenters. The zero-order valence-electron chi connectivity index (χ0n) is 7.44. The van der Waals surface area contributed by atoms with Crippen LogP contribution >= 0.6 is 0 Å². The van der Waals surface area contributed by atoms with Gasteiger partial charge in [0.1, 0.15) is 5.69 Å². The standard InChI is InChI=1S/C7H6N6O2/c8-7-9-10-11-12(7)5-3-1-2-4-6(5)13(14)15/h1-4H,(H2,8,9,11). The summed E-state index contributed by atoms with van der Waals surface area (Å²) in [7, 11) is 0. The van der Waals surface area contributed by atoms with Gasteiger partial charge in [0.25, 0.3) is 5.69 Å². The van der Waals surface area contributed by atoms with Crippen molar-refractivity contribution in [1.82, 2.24) is 20.2 Å². The summed E-state index contributed by atoms with van der Waals surface area (Å²) in [6.07, 6.45) is 0. The number of benzene rings is 1. The summed E-state index contributed by atoms with van der Waals surface area (Å²) in [5.41, 5.74) is 5.59. The lowest BCUT2D eigenvalue weighted by atomic mass is 10.3. The minimum absolute atomic E-state index is 0.00398. The smallest absolute Gasteiger partial charge is 0.295 e. The van der Waals surface area contributed by atoms with Gasteiger partial charge >= 0.3 is 0 Å². The average molecular weight is 206 g/mol. The summed E-state index contributed by atoms with van der Waals surface area (Å²) in [5, 5.41) is 21.0. The molecule has 76 valence electrons. The number of anilines is 1. The van der Waals surface area contributed by atoms with Crippen LogP contribution in [0.5, 0.6) is 0 Å². The Morgan fingerprint density at radius 1 is 1.40 bits per heavy atom. The van der Waals surface area contributed by atoms with Crippen molar-refractivity contribution >= 4 is 11.6 Å². The molecule has 0 saturated heterocycles. The molecule has 8 heteroatoms. The molecule has 0 aliphatic heterocycles. The summed E-state index contributed by atoms with van der Waals surface area (Å²) < 4.78 is 1.11. The zero-order valence-corrected chi connectivity index (χ0v) is 7.44. The van der Waals surface area contributed by atoms with Gasteiger partial charge in [0.15, 0.2) is 0 Å². The molecule has 2 rings (SSSR count). The first-order chi connectivity index (χ1) is 7.20. The minimum Gasteiger partial charge on any atom is -0.366 e. The normalized spacial score (nSPS) is 10.1. The van der Waals surface area contributed by atoms with Crippen molar-refractivity contribution in [3.8, 4) is 5.69 Å². The second-order valence-corrected chi connectivity index (χ2v) is 2.69. The maximum Gasteiger partial charge on any atom is 0.295 e. The first-order valence-corrected chi connectivity index (χ1v) is 3.98. The van der Waals surface area contributed by atoms with Crippen LogP contribution in [-0.2, 0) is 0 Å². The molecular weight excluding hydrogens is 200 g/mol. The highest BCUT2D eigenvalue weighted by molar-refractivity contribution is 5.53. The van der Waals surface area contributed by atoms with Crippen molar-refractivity contribution in [1.29, 1.82) is 0 Å². The van der Waals surface area contributed by atoms with Crippen LogP contribution < -0.4 is 5.73 Å².